The second-order valence-corrected chi connectivity index (χ2v) is 15.5. The van der Waals surface area contributed by atoms with Crippen LogP contribution in [0.15, 0.2) is 146 Å². The lowest BCUT2D eigenvalue weighted by atomic mass is 10.2. The molecule has 0 bridgehead atoms. The lowest BCUT2D eigenvalue weighted by Crippen LogP contribution is -2.29. The maximum Gasteiger partial charge on any atom is 0.472 e. The van der Waals surface area contributed by atoms with Crippen molar-refractivity contribution in [3.8, 4) is 0 Å². The topological polar surface area (TPSA) is 189 Å². The molecule has 0 aliphatic heterocycles. The molecule has 0 saturated carbocycles. The fourth-order valence-corrected chi connectivity index (χ4v) is 5.61. The Morgan fingerprint density at radius 1 is 0.556 bits per heavy atom. The highest BCUT2D eigenvalue weighted by Crippen LogP contribution is 2.43. The number of ether oxygens (including phenoxy) is 2. The zero-order valence-corrected chi connectivity index (χ0v) is 38.3. The van der Waals surface area contributed by atoms with Crippen molar-refractivity contribution >= 4 is 19.8 Å². The molecule has 0 aliphatic carbocycles. The van der Waals surface area contributed by atoms with E-state index >= 15 is 0 Å². The molecule has 0 aromatic rings. The average Bonchev–Trinajstić information content (AvgIpc) is 3.26. The van der Waals surface area contributed by atoms with Crippen molar-refractivity contribution in [3.63, 3.8) is 0 Å². The number of phosphoric ester groups is 1. The molecule has 1 unspecified atom stereocenters. The molecule has 0 amide bonds. The number of carbonyl (C=O) groups excluding carboxylic acids is 2. The Morgan fingerprint density at radius 2 is 1.08 bits per heavy atom. The zero-order valence-electron chi connectivity index (χ0n) is 37.4. The van der Waals surface area contributed by atoms with Gasteiger partial charge in [-0.2, -0.15) is 0 Å². The number of hydrogen-bond donors (Lipinski definition) is 5. The molecule has 0 rings (SSSR count). The summed E-state index contributed by atoms with van der Waals surface area (Å²) in [5, 5.41) is 38.3. The monoisotopic (exact) mass is 898 g/mol. The minimum atomic E-state index is -4.70. The largest absolute Gasteiger partial charge is 0.472 e. The first kappa shape index (κ1) is 58.8. The molecule has 0 saturated heterocycles. The van der Waals surface area contributed by atoms with Gasteiger partial charge in [0, 0.05) is 12.8 Å². The first-order valence-corrected chi connectivity index (χ1v) is 23.5. The van der Waals surface area contributed by atoms with E-state index in [-0.39, 0.29) is 12.8 Å². The number of aliphatic hydroxyl groups is 4. The smallest absolute Gasteiger partial charge is 0.462 e. The van der Waals surface area contributed by atoms with E-state index in [4.69, 9.17) is 19.1 Å². The summed E-state index contributed by atoms with van der Waals surface area (Å²) in [6.07, 6.45) is 51.9. The van der Waals surface area contributed by atoms with Crippen molar-refractivity contribution in [3.05, 3.63) is 146 Å². The molecule has 0 spiro atoms. The van der Waals surface area contributed by atoms with Crippen LogP contribution in [0.2, 0.25) is 0 Å². The Hall–Kier alpha value is -4.23. The molecule has 5 N–H and O–H groups in total. The highest BCUT2D eigenvalue weighted by molar-refractivity contribution is 7.47. The van der Waals surface area contributed by atoms with Gasteiger partial charge in [0.05, 0.1) is 32.0 Å². The molecular formula is C50H75O12P. The van der Waals surface area contributed by atoms with Gasteiger partial charge in [-0.15, -0.1) is 0 Å². The van der Waals surface area contributed by atoms with E-state index in [1.807, 2.05) is 67.7 Å². The van der Waals surface area contributed by atoms with Gasteiger partial charge in [0.15, 0.2) is 6.10 Å². The van der Waals surface area contributed by atoms with Gasteiger partial charge in [-0.3, -0.25) is 18.6 Å². The second kappa shape index (κ2) is 43.0. The third kappa shape index (κ3) is 42.8. The zero-order chi connectivity index (χ0) is 46.5. The van der Waals surface area contributed by atoms with Crippen LogP contribution in [0.1, 0.15) is 104 Å². The number of rotatable bonds is 38. The SMILES string of the molecule is CC/C=C\C/C=C\C/C=C\C/C=C\C/C=C\C/C=C\CCC(=O)O[C@H](COC(=O)CCC/C=C\[C@H](O)/C=C/C=C\C/C=C\C=C\[C@H](O)C/C=C\CC)COP(=O)(O)OC[C@@H](O)CO. The lowest BCUT2D eigenvalue weighted by Gasteiger charge is -2.20. The Bertz CT molecular complexity index is 1580. The average molecular weight is 899 g/mol. The fraction of sp³-hybridized carbons (Fsp3) is 0.480. The Labute approximate surface area is 377 Å². The predicted molar refractivity (Wildman–Crippen MR) is 253 cm³/mol. The standard InChI is InChI=1S/C50H75O12P/c1-3-5-7-8-9-10-11-12-13-14-15-16-17-18-19-20-24-27-33-40-50(56)62-48(44-61-63(57,58)60-42-47(54)41-51)43-59-49(55)39-34-28-32-38-46(53)37-31-26-23-21-22-25-30-36-45(52)35-29-6-4-2/h5-7,9-10,12-13,15-16,18-19,22-27,29-32,36-38,45-48,51-54H,3-4,8,11,14,17,20-21,28,33-35,39-44H2,1-2H3,(H,57,58)/b7-5-,10-9-,13-12-,16-15-,19-18-,25-22-,26-23-,27-24-,29-6-,36-30+,37-31+,38-32-/t45-,46-,47+,48-/m1/s1. The summed E-state index contributed by atoms with van der Waals surface area (Å²) in [5.41, 5.74) is 0. The van der Waals surface area contributed by atoms with Crippen molar-refractivity contribution in [2.45, 2.75) is 128 Å². The number of hydrogen-bond acceptors (Lipinski definition) is 11. The van der Waals surface area contributed by atoms with Gasteiger partial charge in [0.2, 0.25) is 0 Å². The molecule has 0 fully saturated rings. The van der Waals surface area contributed by atoms with Crippen LogP contribution in [0.3, 0.4) is 0 Å². The third-order valence-electron chi connectivity index (χ3n) is 8.18. The van der Waals surface area contributed by atoms with Crippen molar-refractivity contribution < 1.29 is 58.0 Å². The van der Waals surface area contributed by atoms with E-state index in [9.17, 15) is 34.4 Å². The van der Waals surface area contributed by atoms with Crippen LogP contribution in [0.5, 0.6) is 0 Å². The molecule has 0 radical (unpaired) electrons. The summed E-state index contributed by atoms with van der Waals surface area (Å²) in [4.78, 5) is 35.0. The number of allylic oxidation sites excluding steroid dienone is 20. The number of unbranched alkanes of at least 4 members (excludes halogenated alkanes) is 1. The highest BCUT2D eigenvalue weighted by Gasteiger charge is 2.27. The molecular weight excluding hydrogens is 824 g/mol. The van der Waals surface area contributed by atoms with Gasteiger partial charge in [0.1, 0.15) is 12.7 Å². The molecule has 0 aliphatic rings. The van der Waals surface area contributed by atoms with E-state index in [0.29, 0.717) is 38.5 Å². The third-order valence-corrected chi connectivity index (χ3v) is 9.13. The molecule has 63 heavy (non-hydrogen) atoms. The number of aliphatic hydroxyl groups excluding tert-OH is 4. The molecule has 352 valence electrons. The van der Waals surface area contributed by atoms with Crippen LogP contribution in [-0.2, 0) is 32.7 Å². The normalized spacial score (nSPS) is 16.1. The van der Waals surface area contributed by atoms with E-state index < -0.39 is 70.6 Å². The Balaban J connectivity index is 4.68. The summed E-state index contributed by atoms with van der Waals surface area (Å²) < 4.78 is 32.5. The summed E-state index contributed by atoms with van der Waals surface area (Å²) in [5.74, 6) is -1.23. The van der Waals surface area contributed by atoms with Crippen molar-refractivity contribution in [2.24, 2.45) is 0 Å². The van der Waals surface area contributed by atoms with E-state index in [0.717, 1.165) is 38.5 Å². The van der Waals surface area contributed by atoms with Gasteiger partial charge in [-0.25, -0.2) is 4.57 Å². The van der Waals surface area contributed by atoms with Gasteiger partial charge in [-0.1, -0.05) is 160 Å². The second-order valence-electron chi connectivity index (χ2n) is 14.0. The summed E-state index contributed by atoms with van der Waals surface area (Å²) in [6, 6.07) is 0. The summed E-state index contributed by atoms with van der Waals surface area (Å²) in [7, 11) is -4.70. The van der Waals surface area contributed by atoms with Gasteiger partial charge in [0.25, 0.3) is 0 Å². The minimum Gasteiger partial charge on any atom is -0.462 e. The first-order valence-electron chi connectivity index (χ1n) is 22.0. The van der Waals surface area contributed by atoms with Crippen LogP contribution in [0.25, 0.3) is 0 Å². The summed E-state index contributed by atoms with van der Waals surface area (Å²) >= 11 is 0. The minimum absolute atomic E-state index is 0.00562. The molecule has 0 aromatic heterocycles. The van der Waals surface area contributed by atoms with Crippen molar-refractivity contribution in [1.82, 2.24) is 0 Å². The molecule has 0 heterocycles. The van der Waals surface area contributed by atoms with Crippen molar-refractivity contribution in [1.29, 1.82) is 0 Å². The summed E-state index contributed by atoms with van der Waals surface area (Å²) in [6.45, 7) is 1.73. The number of phosphoric acid groups is 1. The van der Waals surface area contributed by atoms with Crippen LogP contribution < -0.4 is 0 Å². The van der Waals surface area contributed by atoms with Crippen molar-refractivity contribution in [2.75, 3.05) is 26.4 Å². The number of carbonyl (C=O) groups is 2. The highest BCUT2D eigenvalue weighted by atomic mass is 31.2. The quantitative estimate of drug-likeness (QED) is 0.0130. The van der Waals surface area contributed by atoms with E-state index in [1.54, 1.807) is 30.4 Å². The first-order chi connectivity index (χ1) is 30.5. The number of esters is 2. The lowest BCUT2D eigenvalue weighted by molar-refractivity contribution is -0.161. The van der Waals surface area contributed by atoms with Crippen LogP contribution in [-0.4, -0.2) is 88.1 Å². The van der Waals surface area contributed by atoms with Crippen LogP contribution in [0.4, 0.5) is 0 Å². The maximum absolute atomic E-state index is 12.6. The molecule has 5 atom stereocenters. The van der Waals surface area contributed by atoms with E-state index in [1.165, 1.54) is 0 Å². The predicted octanol–water partition coefficient (Wildman–Crippen LogP) is 9.83. The van der Waals surface area contributed by atoms with Gasteiger partial charge in [-0.05, 0) is 77.0 Å². The molecule has 0 aromatic carbocycles. The Morgan fingerprint density at radius 3 is 1.67 bits per heavy atom. The van der Waals surface area contributed by atoms with Gasteiger partial charge < -0.3 is 34.8 Å². The maximum atomic E-state index is 12.6. The molecule has 12 nitrogen and oxygen atoms in total. The fourth-order valence-electron chi connectivity index (χ4n) is 4.82. The van der Waals surface area contributed by atoms with Crippen LogP contribution in [0, 0.1) is 0 Å². The van der Waals surface area contributed by atoms with E-state index in [2.05, 4.69) is 66.1 Å². The molecule has 13 heteroatoms. The van der Waals surface area contributed by atoms with Gasteiger partial charge >= 0.3 is 19.8 Å². The van der Waals surface area contributed by atoms with Crippen LogP contribution >= 0.6 is 7.82 Å². The Kier molecular flexibility index (Phi) is 40.2.